The minimum Gasteiger partial charge on any atom is -0.493 e. The van der Waals surface area contributed by atoms with Crippen LogP contribution in [-0.2, 0) is 6.61 Å². The van der Waals surface area contributed by atoms with Crippen molar-refractivity contribution >= 4 is 17.6 Å². The summed E-state index contributed by atoms with van der Waals surface area (Å²) < 4.78 is 16.7. The lowest BCUT2D eigenvalue weighted by atomic mass is 10.2. The Morgan fingerprint density at radius 3 is 2.87 bits per heavy atom. The highest BCUT2D eigenvalue weighted by atomic mass is 32.1. The molecule has 0 radical (unpaired) electrons. The monoisotopic (exact) mass is 329 g/mol. The van der Waals surface area contributed by atoms with Crippen LogP contribution in [0.2, 0.25) is 0 Å². The first kappa shape index (κ1) is 15.3. The highest BCUT2D eigenvalue weighted by Crippen LogP contribution is 2.30. The highest BCUT2D eigenvalue weighted by Gasteiger charge is 2.14. The number of thiophene rings is 1. The van der Waals surface area contributed by atoms with Gasteiger partial charge in [0.15, 0.2) is 11.5 Å². The van der Waals surface area contributed by atoms with E-state index in [9.17, 15) is 4.79 Å². The van der Waals surface area contributed by atoms with Crippen molar-refractivity contribution in [1.29, 1.82) is 0 Å². The molecule has 0 N–H and O–H groups in total. The summed E-state index contributed by atoms with van der Waals surface area (Å²) in [6.07, 6.45) is 0.765. The fourth-order valence-corrected chi connectivity index (χ4v) is 2.74. The number of methoxy groups -OCH3 is 1. The van der Waals surface area contributed by atoms with Gasteiger partial charge >= 0.3 is 0 Å². The van der Waals surface area contributed by atoms with Gasteiger partial charge < -0.3 is 13.9 Å². The Morgan fingerprint density at radius 1 is 1.30 bits per heavy atom. The Bertz CT molecular complexity index is 808. The van der Waals surface area contributed by atoms with Crippen LogP contribution in [0, 0.1) is 6.92 Å². The second-order valence-electron chi connectivity index (χ2n) is 4.82. The first-order valence-corrected chi connectivity index (χ1v) is 7.85. The molecule has 3 rings (SSSR count). The summed E-state index contributed by atoms with van der Waals surface area (Å²) in [5, 5.41) is 1.98. The maximum atomic E-state index is 10.8. The van der Waals surface area contributed by atoms with Crippen molar-refractivity contribution < 1.29 is 18.7 Å². The Labute approximate surface area is 137 Å². The van der Waals surface area contributed by atoms with Gasteiger partial charge in [-0.1, -0.05) is 6.07 Å². The number of carbonyl (C=O) groups is 1. The molecule has 0 fully saturated rings. The van der Waals surface area contributed by atoms with Gasteiger partial charge in [-0.25, -0.2) is 4.98 Å². The van der Waals surface area contributed by atoms with Gasteiger partial charge in [-0.05, 0) is 36.6 Å². The molecule has 0 bridgehead atoms. The first-order valence-electron chi connectivity index (χ1n) is 6.97. The second-order valence-corrected chi connectivity index (χ2v) is 5.76. The van der Waals surface area contributed by atoms with Crippen molar-refractivity contribution in [3.05, 3.63) is 52.7 Å². The Morgan fingerprint density at radius 2 is 2.17 bits per heavy atom. The summed E-state index contributed by atoms with van der Waals surface area (Å²) in [4.78, 5) is 16.3. The summed E-state index contributed by atoms with van der Waals surface area (Å²) >= 11 is 1.57. The molecule has 0 unspecified atom stereocenters. The van der Waals surface area contributed by atoms with Crippen LogP contribution >= 0.6 is 11.3 Å². The normalized spacial score (nSPS) is 10.5. The summed E-state index contributed by atoms with van der Waals surface area (Å²) in [5.41, 5.74) is 1.27. The zero-order valence-electron chi connectivity index (χ0n) is 12.7. The molecule has 6 heteroatoms. The molecule has 118 valence electrons. The maximum absolute atomic E-state index is 10.8. The van der Waals surface area contributed by atoms with Crippen LogP contribution in [0.3, 0.4) is 0 Å². The van der Waals surface area contributed by atoms with Gasteiger partial charge in [-0.2, -0.15) is 0 Å². The lowest BCUT2D eigenvalue weighted by Crippen LogP contribution is -2.00. The van der Waals surface area contributed by atoms with Gasteiger partial charge in [0, 0.05) is 5.56 Å². The van der Waals surface area contributed by atoms with Crippen LogP contribution < -0.4 is 9.47 Å². The van der Waals surface area contributed by atoms with E-state index in [4.69, 9.17) is 13.9 Å². The van der Waals surface area contributed by atoms with E-state index in [1.54, 1.807) is 29.5 Å². The Balaban J connectivity index is 1.77. The standard InChI is InChI=1S/C17H15NO4S/c1-11-13(18-17(22-11)16-4-3-7-23-16)10-21-14-6-5-12(9-19)8-15(14)20-2/h3-9H,10H2,1-2H3. The number of carbonyl (C=O) groups excluding carboxylic acids is 1. The molecule has 0 aliphatic heterocycles. The molecule has 2 aromatic heterocycles. The number of aromatic nitrogens is 1. The zero-order chi connectivity index (χ0) is 16.2. The number of benzene rings is 1. The third-order valence-corrected chi connectivity index (χ3v) is 4.17. The smallest absolute Gasteiger partial charge is 0.236 e. The molecule has 0 atom stereocenters. The fourth-order valence-electron chi connectivity index (χ4n) is 2.09. The van der Waals surface area contributed by atoms with Gasteiger partial charge in [-0.3, -0.25) is 4.79 Å². The van der Waals surface area contributed by atoms with Crippen LogP contribution in [0.1, 0.15) is 21.8 Å². The highest BCUT2D eigenvalue weighted by molar-refractivity contribution is 7.13. The molecule has 0 saturated carbocycles. The summed E-state index contributed by atoms with van der Waals surface area (Å²) in [6.45, 7) is 2.12. The van der Waals surface area contributed by atoms with Gasteiger partial charge in [0.25, 0.3) is 0 Å². The van der Waals surface area contributed by atoms with Crippen LogP contribution in [0.5, 0.6) is 11.5 Å². The lowest BCUT2D eigenvalue weighted by molar-refractivity contribution is 0.112. The third-order valence-electron chi connectivity index (χ3n) is 3.31. The molecule has 0 aliphatic carbocycles. The summed E-state index contributed by atoms with van der Waals surface area (Å²) in [7, 11) is 1.53. The van der Waals surface area contributed by atoms with Crippen molar-refractivity contribution in [1.82, 2.24) is 4.98 Å². The number of ether oxygens (including phenoxy) is 2. The SMILES string of the molecule is COc1cc(C=O)ccc1OCc1nc(-c2cccs2)oc1C. The Hall–Kier alpha value is -2.60. The zero-order valence-corrected chi connectivity index (χ0v) is 13.6. The summed E-state index contributed by atoms with van der Waals surface area (Å²) in [6, 6.07) is 8.93. The second kappa shape index (κ2) is 6.66. The van der Waals surface area contributed by atoms with E-state index in [0.29, 0.717) is 23.0 Å². The van der Waals surface area contributed by atoms with Crippen LogP contribution in [0.4, 0.5) is 0 Å². The molecule has 0 aliphatic rings. The van der Waals surface area contributed by atoms with E-state index in [1.165, 1.54) is 7.11 Å². The average Bonchev–Trinajstić information content (AvgIpc) is 3.22. The van der Waals surface area contributed by atoms with E-state index in [1.807, 2.05) is 24.4 Å². The van der Waals surface area contributed by atoms with Gasteiger partial charge in [0.05, 0.1) is 12.0 Å². The van der Waals surface area contributed by atoms with E-state index >= 15 is 0 Å². The van der Waals surface area contributed by atoms with Crippen molar-refractivity contribution in [2.75, 3.05) is 7.11 Å². The fraction of sp³-hybridized carbons (Fsp3) is 0.176. The van der Waals surface area contributed by atoms with Gasteiger partial charge in [-0.15, -0.1) is 11.3 Å². The third kappa shape index (κ3) is 3.27. The predicted molar refractivity (Wildman–Crippen MR) is 87.3 cm³/mol. The largest absolute Gasteiger partial charge is 0.493 e. The molecular weight excluding hydrogens is 314 g/mol. The van der Waals surface area contributed by atoms with Crippen molar-refractivity contribution in [3.63, 3.8) is 0 Å². The number of rotatable bonds is 6. The summed E-state index contributed by atoms with van der Waals surface area (Å²) in [5.74, 6) is 2.38. The minimum absolute atomic E-state index is 0.261. The van der Waals surface area contributed by atoms with Gasteiger partial charge in [0.2, 0.25) is 5.89 Å². The number of aldehydes is 1. The molecule has 0 spiro atoms. The predicted octanol–water partition coefficient (Wildman–Crippen LogP) is 4.11. The maximum Gasteiger partial charge on any atom is 0.236 e. The molecule has 23 heavy (non-hydrogen) atoms. The number of oxazole rings is 1. The molecular formula is C17H15NO4S. The number of hydrogen-bond donors (Lipinski definition) is 0. The topological polar surface area (TPSA) is 61.6 Å². The van der Waals surface area contributed by atoms with E-state index in [2.05, 4.69) is 4.98 Å². The van der Waals surface area contributed by atoms with E-state index in [0.717, 1.165) is 22.6 Å². The van der Waals surface area contributed by atoms with Crippen LogP contribution in [-0.4, -0.2) is 18.4 Å². The van der Waals surface area contributed by atoms with Gasteiger partial charge in [0.1, 0.15) is 24.3 Å². The van der Waals surface area contributed by atoms with Crippen molar-refractivity contribution in [3.8, 4) is 22.3 Å². The first-order chi connectivity index (χ1) is 11.2. The average molecular weight is 329 g/mol. The molecule has 1 aromatic carbocycles. The number of aryl methyl sites for hydroxylation is 1. The lowest BCUT2D eigenvalue weighted by Gasteiger charge is -2.10. The van der Waals surface area contributed by atoms with Crippen molar-refractivity contribution in [2.24, 2.45) is 0 Å². The molecule has 5 nitrogen and oxygen atoms in total. The quantitative estimate of drug-likeness (QED) is 0.637. The number of hydrogen-bond acceptors (Lipinski definition) is 6. The van der Waals surface area contributed by atoms with Crippen molar-refractivity contribution in [2.45, 2.75) is 13.5 Å². The molecule has 0 amide bonds. The van der Waals surface area contributed by atoms with E-state index in [-0.39, 0.29) is 6.61 Å². The van der Waals surface area contributed by atoms with Crippen LogP contribution in [0.15, 0.2) is 40.1 Å². The van der Waals surface area contributed by atoms with E-state index < -0.39 is 0 Å². The Kier molecular flexibility index (Phi) is 4.43. The molecule has 2 heterocycles. The molecule has 3 aromatic rings. The number of nitrogens with zero attached hydrogens (tertiary/aromatic N) is 1. The minimum atomic E-state index is 0.261. The molecule has 0 saturated heterocycles. The van der Waals surface area contributed by atoms with Crippen LogP contribution in [0.25, 0.3) is 10.8 Å².